The molecule has 6 heteroatoms. The zero-order valence-corrected chi connectivity index (χ0v) is 12.1. The predicted molar refractivity (Wildman–Crippen MR) is 76.2 cm³/mol. The van der Waals surface area contributed by atoms with Crippen LogP contribution in [-0.4, -0.2) is 21.6 Å². The second-order valence-electron chi connectivity index (χ2n) is 3.92. The zero-order valence-electron chi connectivity index (χ0n) is 10.5. The zero-order chi connectivity index (χ0) is 13.7. The molecule has 1 aromatic heterocycles. The lowest BCUT2D eigenvalue weighted by Crippen LogP contribution is -2.27. The molecule has 0 saturated carbocycles. The molecule has 0 fully saturated rings. The van der Waals surface area contributed by atoms with E-state index >= 15 is 0 Å². The largest absolute Gasteiger partial charge is 0.492 e. The van der Waals surface area contributed by atoms with Crippen molar-refractivity contribution in [3.8, 4) is 5.75 Å². The first-order valence-corrected chi connectivity index (χ1v) is 8.12. The highest BCUT2D eigenvalue weighted by molar-refractivity contribution is 7.91. The summed E-state index contributed by atoms with van der Waals surface area (Å²) in [5.41, 5.74) is 0. The van der Waals surface area contributed by atoms with Crippen molar-refractivity contribution in [3.05, 3.63) is 47.3 Å². The number of aryl methyl sites for hydroxylation is 1. The number of hydrogen-bond acceptors (Lipinski definition) is 4. The molecule has 1 heterocycles. The van der Waals surface area contributed by atoms with E-state index in [1.807, 2.05) is 37.3 Å². The third kappa shape index (κ3) is 4.05. The molecule has 1 aromatic carbocycles. The van der Waals surface area contributed by atoms with Crippen LogP contribution < -0.4 is 9.46 Å². The van der Waals surface area contributed by atoms with E-state index in [-0.39, 0.29) is 6.54 Å². The lowest BCUT2D eigenvalue weighted by molar-refractivity contribution is 0.323. The molecule has 1 N–H and O–H groups in total. The Balaban J connectivity index is 1.83. The van der Waals surface area contributed by atoms with Crippen LogP contribution in [-0.2, 0) is 10.0 Å². The number of nitrogens with one attached hydrogen (secondary N) is 1. The van der Waals surface area contributed by atoms with Crippen LogP contribution in [0.3, 0.4) is 0 Å². The maximum absolute atomic E-state index is 11.9. The monoisotopic (exact) mass is 297 g/mol. The summed E-state index contributed by atoms with van der Waals surface area (Å²) in [6.07, 6.45) is 0. The molecular weight excluding hydrogens is 282 g/mol. The Kier molecular flexibility index (Phi) is 4.57. The molecule has 102 valence electrons. The van der Waals surface area contributed by atoms with Gasteiger partial charge in [0.2, 0.25) is 10.0 Å². The van der Waals surface area contributed by atoms with E-state index in [0.717, 1.165) is 10.6 Å². The fourth-order valence-corrected chi connectivity index (χ4v) is 3.83. The fourth-order valence-electron chi connectivity index (χ4n) is 1.49. The van der Waals surface area contributed by atoms with Gasteiger partial charge in [-0.05, 0) is 31.2 Å². The molecule has 0 amide bonds. The average molecular weight is 297 g/mol. The third-order valence-corrected chi connectivity index (χ3v) is 5.34. The molecule has 0 aliphatic rings. The molecule has 0 unspecified atom stereocenters. The molecule has 2 aromatic rings. The highest BCUT2D eigenvalue weighted by atomic mass is 32.2. The quantitative estimate of drug-likeness (QED) is 0.833. The summed E-state index contributed by atoms with van der Waals surface area (Å²) in [5, 5.41) is 0. The van der Waals surface area contributed by atoms with Crippen molar-refractivity contribution in [3.63, 3.8) is 0 Å². The van der Waals surface area contributed by atoms with Crippen molar-refractivity contribution in [2.75, 3.05) is 13.2 Å². The topological polar surface area (TPSA) is 55.4 Å². The molecular formula is C13H15NO3S2. The predicted octanol–water partition coefficient (Wildman–Crippen LogP) is 2.41. The molecule has 0 bridgehead atoms. The fraction of sp³-hybridized carbons (Fsp3) is 0.231. The van der Waals surface area contributed by atoms with E-state index < -0.39 is 10.0 Å². The number of hydrogen-bond donors (Lipinski definition) is 1. The Morgan fingerprint density at radius 3 is 2.53 bits per heavy atom. The summed E-state index contributed by atoms with van der Waals surface area (Å²) in [6, 6.07) is 12.7. The first-order valence-electron chi connectivity index (χ1n) is 5.82. The van der Waals surface area contributed by atoms with Gasteiger partial charge in [0.05, 0.1) is 0 Å². The number of thiophene rings is 1. The molecule has 0 atom stereocenters. The lowest BCUT2D eigenvalue weighted by Gasteiger charge is -2.07. The Morgan fingerprint density at radius 2 is 1.89 bits per heavy atom. The minimum Gasteiger partial charge on any atom is -0.492 e. The minimum absolute atomic E-state index is 0.244. The summed E-state index contributed by atoms with van der Waals surface area (Å²) in [4.78, 5) is 0.973. The van der Waals surface area contributed by atoms with Crippen molar-refractivity contribution < 1.29 is 13.2 Å². The van der Waals surface area contributed by atoms with Crippen LogP contribution in [0.2, 0.25) is 0 Å². The Hall–Kier alpha value is -1.37. The first kappa shape index (κ1) is 14.0. The van der Waals surface area contributed by atoms with Gasteiger partial charge in [0.25, 0.3) is 0 Å². The lowest BCUT2D eigenvalue weighted by atomic mass is 10.3. The van der Waals surface area contributed by atoms with Gasteiger partial charge in [-0.1, -0.05) is 18.2 Å². The molecule has 2 rings (SSSR count). The number of ether oxygens (including phenoxy) is 1. The van der Waals surface area contributed by atoms with E-state index in [2.05, 4.69) is 4.72 Å². The molecule has 0 radical (unpaired) electrons. The molecule has 4 nitrogen and oxygen atoms in total. The summed E-state index contributed by atoms with van der Waals surface area (Å²) in [7, 11) is -3.41. The van der Waals surface area contributed by atoms with Gasteiger partial charge in [0.1, 0.15) is 16.6 Å². The van der Waals surface area contributed by atoms with Gasteiger partial charge in [-0.25, -0.2) is 13.1 Å². The number of sulfonamides is 1. The van der Waals surface area contributed by atoms with Crippen molar-refractivity contribution >= 4 is 21.4 Å². The van der Waals surface area contributed by atoms with Gasteiger partial charge in [-0.3, -0.25) is 0 Å². The molecule has 19 heavy (non-hydrogen) atoms. The van der Waals surface area contributed by atoms with E-state index in [0.29, 0.717) is 10.8 Å². The highest BCUT2D eigenvalue weighted by Gasteiger charge is 2.15. The van der Waals surface area contributed by atoms with Gasteiger partial charge >= 0.3 is 0 Å². The Morgan fingerprint density at radius 1 is 1.16 bits per heavy atom. The van der Waals surface area contributed by atoms with E-state index in [4.69, 9.17) is 4.74 Å². The molecule has 0 saturated heterocycles. The smallest absolute Gasteiger partial charge is 0.250 e. The van der Waals surface area contributed by atoms with Crippen molar-refractivity contribution in [2.45, 2.75) is 11.1 Å². The van der Waals surface area contributed by atoms with Gasteiger partial charge in [0, 0.05) is 11.4 Å². The van der Waals surface area contributed by atoms with Crippen LogP contribution >= 0.6 is 11.3 Å². The van der Waals surface area contributed by atoms with Gasteiger partial charge in [-0.15, -0.1) is 11.3 Å². The van der Waals surface area contributed by atoms with E-state index in [9.17, 15) is 8.42 Å². The number of benzene rings is 1. The molecule has 0 spiro atoms. The minimum atomic E-state index is -3.41. The number of rotatable bonds is 6. The van der Waals surface area contributed by atoms with Crippen LogP contribution in [0.5, 0.6) is 5.75 Å². The maximum Gasteiger partial charge on any atom is 0.250 e. The molecule has 0 aliphatic heterocycles. The van der Waals surface area contributed by atoms with Gasteiger partial charge < -0.3 is 4.74 Å². The van der Waals surface area contributed by atoms with Crippen LogP contribution in [0, 0.1) is 6.92 Å². The Bertz CT molecular complexity index is 620. The summed E-state index contributed by atoms with van der Waals surface area (Å²) < 4.78 is 32.1. The van der Waals surface area contributed by atoms with Crippen molar-refractivity contribution in [1.29, 1.82) is 0 Å². The van der Waals surface area contributed by atoms with Crippen LogP contribution in [0.1, 0.15) is 4.88 Å². The van der Waals surface area contributed by atoms with Gasteiger partial charge in [-0.2, -0.15) is 0 Å². The molecule has 0 aliphatic carbocycles. The van der Waals surface area contributed by atoms with Crippen molar-refractivity contribution in [1.82, 2.24) is 4.72 Å². The summed E-state index contributed by atoms with van der Waals surface area (Å²) in [6.45, 7) is 2.42. The number of para-hydroxylation sites is 1. The van der Waals surface area contributed by atoms with Crippen LogP contribution in [0.15, 0.2) is 46.7 Å². The summed E-state index contributed by atoms with van der Waals surface area (Å²) in [5.74, 6) is 0.730. The third-order valence-electron chi connectivity index (χ3n) is 2.39. The average Bonchev–Trinajstić information content (AvgIpc) is 2.84. The van der Waals surface area contributed by atoms with Crippen LogP contribution in [0.4, 0.5) is 0 Å². The second kappa shape index (κ2) is 6.18. The Labute approximate surface area is 117 Å². The summed E-state index contributed by atoms with van der Waals surface area (Å²) >= 11 is 1.26. The second-order valence-corrected chi connectivity index (χ2v) is 7.21. The van der Waals surface area contributed by atoms with Crippen LogP contribution in [0.25, 0.3) is 0 Å². The van der Waals surface area contributed by atoms with E-state index in [1.165, 1.54) is 11.3 Å². The SMILES string of the molecule is Cc1ccc(S(=O)(=O)NCCOc2ccccc2)s1. The maximum atomic E-state index is 11.9. The van der Waals surface area contributed by atoms with E-state index in [1.54, 1.807) is 12.1 Å². The normalized spacial score (nSPS) is 11.4. The standard InChI is InChI=1S/C13H15NO3S2/c1-11-7-8-13(18-11)19(15,16)14-9-10-17-12-5-3-2-4-6-12/h2-8,14H,9-10H2,1H3. The highest BCUT2D eigenvalue weighted by Crippen LogP contribution is 2.20. The van der Waals surface area contributed by atoms with Crippen molar-refractivity contribution in [2.24, 2.45) is 0 Å². The van der Waals surface area contributed by atoms with Gasteiger partial charge in [0.15, 0.2) is 0 Å². The first-order chi connectivity index (χ1) is 9.08.